The first kappa shape index (κ1) is 18.7. The Kier molecular flexibility index (Phi) is 6.33. The molecular formula is C19H22F2N2O2. The van der Waals surface area contributed by atoms with E-state index in [0.29, 0.717) is 0 Å². The Morgan fingerprint density at radius 3 is 2.64 bits per heavy atom. The number of carbonyl (C=O) groups excluding carboxylic acids is 1. The average Bonchev–Trinajstić information content (AvgIpc) is 2.55. The van der Waals surface area contributed by atoms with Gasteiger partial charge in [0, 0.05) is 11.8 Å². The van der Waals surface area contributed by atoms with Crippen molar-refractivity contribution in [2.45, 2.75) is 26.7 Å². The van der Waals surface area contributed by atoms with Crippen molar-refractivity contribution in [1.29, 1.82) is 0 Å². The van der Waals surface area contributed by atoms with E-state index in [-0.39, 0.29) is 30.9 Å². The molecule has 0 spiro atoms. The lowest BCUT2D eigenvalue weighted by Crippen LogP contribution is -2.32. The second-order valence-corrected chi connectivity index (χ2v) is 6.00. The number of benzene rings is 2. The van der Waals surface area contributed by atoms with Gasteiger partial charge in [0.05, 0.1) is 6.54 Å². The van der Waals surface area contributed by atoms with Crippen LogP contribution >= 0.6 is 0 Å². The van der Waals surface area contributed by atoms with Crippen molar-refractivity contribution in [3.63, 3.8) is 0 Å². The number of amides is 2. The number of rotatable bonds is 6. The Bertz CT molecular complexity index is 748. The maximum absolute atomic E-state index is 13.4. The lowest BCUT2D eigenvalue weighted by Gasteiger charge is -2.17. The van der Waals surface area contributed by atoms with Gasteiger partial charge in [0.2, 0.25) is 0 Å². The lowest BCUT2D eigenvalue weighted by atomic mass is 9.98. The highest BCUT2D eigenvalue weighted by Gasteiger charge is 2.12. The van der Waals surface area contributed by atoms with Gasteiger partial charge in [-0.05, 0) is 36.1 Å². The minimum absolute atomic E-state index is 0.0513. The number of anilines is 1. The predicted octanol–water partition coefficient (Wildman–Crippen LogP) is 4.60. The molecule has 2 amide bonds. The van der Waals surface area contributed by atoms with Crippen LogP contribution < -0.4 is 15.4 Å². The summed E-state index contributed by atoms with van der Waals surface area (Å²) in [7, 11) is 0. The normalized spacial score (nSPS) is 10.6. The molecular weight excluding hydrogens is 326 g/mol. The molecule has 0 atom stereocenters. The third-order valence-electron chi connectivity index (χ3n) is 3.70. The number of urea groups is 1. The molecule has 0 radical (unpaired) electrons. The summed E-state index contributed by atoms with van der Waals surface area (Å²) in [6.45, 7) is 6.31. The number of carbonyl (C=O) groups is 1. The molecule has 6 heteroatoms. The van der Waals surface area contributed by atoms with E-state index in [0.717, 1.165) is 28.9 Å². The number of halogens is 2. The molecule has 2 rings (SSSR count). The van der Waals surface area contributed by atoms with Crippen LogP contribution in [0.5, 0.6) is 5.75 Å². The fourth-order valence-electron chi connectivity index (χ4n) is 2.42. The standard InChI is InChI=1S/C19H22F2N2O2/c1-12(2)15-6-4-5-13(3)18(15)23-19(24)22-9-10-25-17-8-7-14(20)11-16(17)21/h4-8,11-12H,9-10H2,1-3H3,(H2,22,23,24). The molecule has 0 aliphatic heterocycles. The van der Waals surface area contributed by atoms with Crippen LogP contribution in [0.3, 0.4) is 0 Å². The zero-order valence-electron chi connectivity index (χ0n) is 14.5. The third-order valence-corrected chi connectivity index (χ3v) is 3.70. The molecule has 25 heavy (non-hydrogen) atoms. The number of para-hydroxylation sites is 1. The predicted molar refractivity (Wildman–Crippen MR) is 94.1 cm³/mol. The van der Waals surface area contributed by atoms with E-state index in [1.807, 2.05) is 25.1 Å². The molecule has 0 bridgehead atoms. The second-order valence-electron chi connectivity index (χ2n) is 6.00. The smallest absolute Gasteiger partial charge is 0.319 e. The first-order valence-electron chi connectivity index (χ1n) is 8.10. The Balaban J connectivity index is 1.85. The number of hydrogen-bond acceptors (Lipinski definition) is 2. The van der Waals surface area contributed by atoms with Crippen LogP contribution in [0.2, 0.25) is 0 Å². The van der Waals surface area contributed by atoms with Crippen molar-refractivity contribution in [3.05, 3.63) is 59.2 Å². The van der Waals surface area contributed by atoms with Crippen molar-refractivity contribution >= 4 is 11.7 Å². The van der Waals surface area contributed by atoms with E-state index in [9.17, 15) is 13.6 Å². The molecule has 0 aromatic heterocycles. The summed E-state index contributed by atoms with van der Waals surface area (Å²) in [5.74, 6) is -1.21. The van der Waals surface area contributed by atoms with Crippen molar-refractivity contribution in [1.82, 2.24) is 5.32 Å². The van der Waals surface area contributed by atoms with Crippen molar-refractivity contribution < 1.29 is 18.3 Å². The Hall–Kier alpha value is -2.63. The highest BCUT2D eigenvalue weighted by atomic mass is 19.1. The summed E-state index contributed by atoms with van der Waals surface area (Å²) in [4.78, 5) is 12.1. The first-order chi connectivity index (χ1) is 11.9. The summed E-state index contributed by atoms with van der Waals surface area (Å²) in [6.07, 6.45) is 0. The molecule has 0 unspecified atom stereocenters. The van der Waals surface area contributed by atoms with E-state index in [4.69, 9.17) is 4.74 Å². The van der Waals surface area contributed by atoms with E-state index >= 15 is 0 Å². The van der Waals surface area contributed by atoms with Gasteiger partial charge in [-0.25, -0.2) is 13.6 Å². The van der Waals surface area contributed by atoms with Crippen LogP contribution in [0.15, 0.2) is 36.4 Å². The zero-order valence-corrected chi connectivity index (χ0v) is 14.5. The van der Waals surface area contributed by atoms with Crippen LogP contribution in [0, 0.1) is 18.6 Å². The third kappa shape index (κ3) is 5.17. The lowest BCUT2D eigenvalue weighted by molar-refractivity contribution is 0.246. The molecule has 0 saturated heterocycles. The Labute approximate surface area is 146 Å². The average molecular weight is 348 g/mol. The topological polar surface area (TPSA) is 50.4 Å². The van der Waals surface area contributed by atoms with Crippen molar-refractivity contribution in [2.75, 3.05) is 18.5 Å². The fraction of sp³-hybridized carbons (Fsp3) is 0.316. The van der Waals surface area contributed by atoms with Crippen LogP contribution in [0.4, 0.5) is 19.3 Å². The minimum Gasteiger partial charge on any atom is -0.489 e. The monoisotopic (exact) mass is 348 g/mol. The molecule has 2 aromatic carbocycles. The van der Waals surface area contributed by atoms with Gasteiger partial charge < -0.3 is 15.4 Å². The van der Waals surface area contributed by atoms with E-state index < -0.39 is 11.6 Å². The van der Waals surface area contributed by atoms with Crippen LogP contribution in [0.1, 0.15) is 30.9 Å². The molecule has 0 aliphatic rings. The van der Waals surface area contributed by atoms with Gasteiger partial charge in [-0.3, -0.25) is 0 Å². The van der Waals surface area contributed by atoms with Crippen LogP contribution in [-0.2, 0) is 0 Å². The highest BCUT2D eigenvalue weighted by molar-refractivity contribution is 5.91. The molecule has 0 heterocycles. The van der Waals surface area contributed by atoms with Gasteiger partial charge in [-0.2, -0.15) is 0 Å². The molecule has 2 N–H and O–H groups in total. The van der Waals surface area contributed by atoms with E-state index in [1.165, 1.54) is 6.07 Å². The summed E-state index contributed by atoms with van der Waals surface area (Å²) < 4.78 is 31.4. The highest BCUT2D eigenvalue weighted by Crippen LogP contribution is 2.27. The van der Waals surface area contributed by atoms with Crippen molar-refractivity contribution in [2.24, 2.45) is 0 Å². The summed E-state index contributed by atoms with van der Waals surface area (Å²) in [5.41, 5.74) is 2.83. The van der Waals surface area contributed by atoms with Gasteiger partial charge in [-0.15, -0.1) is 0 Å². The first-order valence-corrected chi connectivity index (χ1v) is 8.10. The largest absolute Gasteiger partial charge is 0.489 e. The van der Waals surface area contributed by atoms with Gasteiger partial charge in [0.1, 0.15) is 12.4 Å². The summed E-state index contributed by atoms with van der Waals surface area (Å²) in [5, 5.41) is 5.50. The maximum atomic E-state index is 13.4. The number of ether oxygens (including phenoxy) is 1. The molecule has 134 valence electrons. The Morgan fingerprint density at radius 1 is 1.20 bits per heavy atom. The van der Waals surface area contributed by atoms with Gasteiger partial charge >= 0.3 is 6.03 Å². The number of hydrogen-bond donors (Lipinski definition) is 2. The molecule has 4 nitrogen and oxygen atoms in total. The van der Waals surface area contributed by atoms with Crippen LogP contribution in [0.25, 0.3) is 0 Å². The molecule has 0 aliphatic carbocycles. The molecule has 2 aromatic rings. The van der Waals surface area contributed by atoms with Gasteiger partial charge in [0.25, 0.3) is 0 Å². The molecule has 0 fully saturated rings. The van der Waals surface area contributed by atoms with Crippen molar-refractivity contribution in [3.8, 4) is 5.75 Å². The van der Waals surface area contributed by atoms with E-state index in [1.54, 1.807) is 0 Å². The quantitative estimate of drug-likeness (QED) is 0.750. The van der Waals surface area contributed by atoms with Crippen LogP contribution in [-0.4, -0.2) is 19.2 Å². The SMILES string of the molecule is Cc1cccc(C(C)C)c1NC(=O)NCCOc1ccc(F)cc1F. The summed E-state index contributed by atoms with van der Waals surface area (Å²) >= 11 is 0. The minimum atomic E-state index is -0.772. The maximum Gasteiger partial charge on any atom is 0.319 e. The fourth-order valence-corrected chi connectivity index (χ4v) is 2.42. The summed E-state index contributed by atoms with van der Waals surface area (Å²) in [6, 6.07) is 8.59. The van der Waals surface area contributed by atoms with Gasteiger partial charge in [0.15, 0.2) is 11.6 Å². The second kappa shape index (κ2) is 8.46. The zero-order chi connectivity index (χ0) is 18.4. The number of nitrogens with one attached hydrogen (secondary N) is 2. The molecule has 0 saturated carbocycles. The van der Waals surface area contributed by atoms with E-state index in [2.05, 4.69) is 24.5 Å². The Morgan fingerprint density at radius 2 is 1.96 bits per heavy atom. The number of aryl methyl sites for hydroxylation is 1. The van der Waals surface area contributed by atoms with Gasteiger partial charge in [-0.1, -0.05) is 32.0 Å².